The molecule has 110 valence electrons. The van der Waals surface area contributed by atoms with Gasteiger partial charge in [0.1, 0.15) is 0 Å². The van der Waals surface area contributed by atoms with Crippen LogP contribution >= 0.6 is 11.6 Å². The Labute approximate surface area is 126 Å². The second-order valence-corrected chi connectivity index (χ2v) is 6.43. The molecule has 1 saturated heterocycles. The summed E-state index contributed by atoms with van der Waals surface area (Å²) in [5.74, 6) is 0. The van der Waals surface area contributed by atoms with Crippen LogP contribution in [0.3, 0.4) is 0 Å². The molecule has 3 nitrogen and oxygen atoms in total. The van der Waals surface area contributed by atoms with Crippen molar-refractivity contribution in [3.8, 4) is 0 Å². The van der Waals surface area contributed by atoms with Crippen molar-refractivity contribution in [2.45, 2.75) is 38.0 Å². The fourth-order valence-electron chi connectivity index (χ4n) is 2.87. The molecule has 2 fully saturated rings. The Morgan fingerprint density at radius 2 is 2.20 bits per heavy atom. The highest BCUT2D eigenvalue weighted by molar-refractivity contribution is 6.31. The van der Waals surface area contributed by atoms with E-state index < -0.39 is 0 Å². The van der Waals surface area contributed by atoms with Gasteiger partial charge in [-0.25, -0.2) is 0 Å². The van der Waals surface area contributed by atoms with Crippen molar-refractivity contribution >= 4 is 11.6 Å². The number of hydrogen-bond acceptors (Lipinski definition) is 3. The molecule has 1 heterocycles. The van der Waals surface area contributed by atoms with Crippen LogP contribution in [-0.4, -0.2) is 43.8 Å². The minimum absolute atomic E-state index is 0.202. The predicted octanol–water partition coefficient (Wildman–Crippen LogP) is 2.77. The van der Waals surface area contributed by atoms with Gasteiger partial charge in [0.25, 0.3) is 0 Å². The largest absolute Gasteiger partial charge is 0.374 e. The van der Waals surface area contributed by atoms with E-state index in [0.29, 0.717) is 6.04 Å². The number of halogens is 1. The van der Waals surface area contributed by atoms with E-state index in [1.54, 1.807) is 0 Å². The zero-order valence-electron chi connectivity index (χ0n) is 12.2. The second kappa shape index (κ2) is 6.02. The maximum atomic E-state index is 6.29. The molecule has 0 spiro atoms. The fraction of sp³-hybridized carbons (Fsp3) is 0.625. The minimum atomic E-state index is 0.202. The summed E-state index contributed by atoms with van der Waals surface area (Å²) in [6.07, 6.45) is 2.82. The molecule has 1 aromatic carbocycles. The zero-order chi connectivity index (χ0) is 14.1. The molecule has 20 heavy (non-hydrogen) atoms. The summed E-state index contributed by atoms with van der Waals surface area (Å²) in [4.78, 5) is 2.38. The molecule has 1 N–H and O–H groups in total. The summed E-state index contributed by atoms with van der Waals surface area (Å²) in [5.41, 5.74) is 2.38. The lowest BCUT2D eigenvalue weighted by Crippen LogP contribution is -2.47. The van der Waals surface area contributed by atoms with Gasteiger partial charge in [-0.2, -0.15) is 0 Å². The average molecular weight is 295 g/mol. The first-order chi connectivity index (χ1) is 9.65. The first-order valence-corrected chi connectivity index (χ1v) is 7.84. The van der Waals surface area contributed by atoms with E-state index in [2.05, 4.69) is 35.5 Å². The predicted molar refractivity (Wildman–Crippen MR) is 82.3 cm³/mol. The Morgan fingerprint density at radius 1 is 1.40 bits per heavy atom. The lowest BCUT2D eigenvalue weighted by molar-refractivity contribution is -0.0615. The van der Waals surface area contributed by atoms with Crippen LogP contribution in [0.4, 0.5) is 0 Å². The molecule has 0 bridgehead atoms. The van der Waals surface area contributed by atoms with E-state index in [0.717, 1.165) is 30.3 Å². The highest BCUT2D eigenvalue weighted by Gasteiger charge is 2.33. The minimum Gasteiger partial charge on any atom is -0.374 e. The number of hydrogen-bond donors (Lipinski definition) is 1. The lowest BCUT2D eigenvalue weighted by atomic mass is 9.97. The fourth-order valence-corrected chi connectivity index (χ4v) is 3.05. The lowest BCUT2D eigenvalue weighted by Gasteiger charge is -2.39. The van der Waals surface area contributed by atoms with Gasteiger partial charge in [0.15, 0.2) is 0 Å². The molecule has 2 aliphatic rings. The van der Waals surface area contributed by atoms with Gasteiger partial charge in [0.2, 0.25) is 0 Å². The first-order valence-electron chi connectivity index (χ1n) is 7.46. The van der Waals surface area contributed by atoms with Gasteiger partial charge in [0, 0.05) is 24.2 Å². The topological polar surface area (TPSA) is 24.5 Å². The first kappa shape index (κ1) is 14.3. The van der Waals surface area contributed by atoms with E-state index in [4.69, 9.17) is 16.3 Å². The number of likely N-dealkylation sites (N-methyl/N-ethyl adjacent to an activating group) is 1. The van der Waals surface area contributed by atoms with Gasteiger partial charge < -0.3 is 10.1 Å². The van der Waals surface area contributed by atoms with Crippen LogP contribution in [0.1, 0.15) is 30.0 Å². The number of nitrogens with zero attached hydrogens (tertiary/aromatic N) is 1. The summed E-state index contributed by atoms with van der Waals surface area (Å²) in [6.45, 7) is 4.74. The standard InChI is InChI=1S/C16H23ClN2O/c1-11-3-4-12(9-14(11)17)16-15(10-18-13-5-6-13)20-8-7-19(16)2/h3-4,9,13,15-16,18H,5-8,10H2,1-2H3. The number of rotatable bonds is 4. The zero-order valence-corrected chi connectivity index (χ0v) is 13.0. The van der Waals surface area contributed by atoms with Crippen molar-refractivity contribution in [1.29, 1.82) is 0 Å². The van der Waals surface area contributed by atoms with Crippen molar-refractivity contribution in [2.75, 3.05) is 26.7 Å². The molecular weight excluding hydrogens is 272 g/mol. The van der Waals surface area contributed by atoms with E-state index in [9.17, 15) is 0 Å². The maximum Gasteiger partial charge on any atom is 0.0896 e. The highest BCUT2D eigenvalue weighted by atomic mass is 35.5. The number of ether oxygens (including phenoxy) is 1. The van der Waals surface area contributed by atoms with Gasteiger partial charge in [-0.15, -0.1) is 0 Å². The molecule has 0 amide bonds. The van der Waals surface area contributed by atoms with Crippen LogP contribution in [0.15, 0.2) is 18.2 Å². The van der Waals surface area contributed by atoms with Crippen molar-refractivity contribution in [3.05, 3.63) is 34.3 Å². The summed E-state index contributed by atoms with van der Waals surface area (Å²) in [6, 6.07) is 7.38. The number of aryl methyl sites for hydroxylation is 1. The van der Waals surface area contributed by atoms with Crippen LogP contribution in [0.2, 0.25) is 5.02 Å². The number of morpholine rings is 1. The average Bonchev–Trinajstić information content (AvgIpc) is 3.24. The third-order valence-electron chi connectivity index (χ3n) is 4.33. The Balaban J connectivity index is 1.78. The Hall–Kier alpha value is -0.610. The van der Waals surface area contributed by atoms with Gasteiger partial charge >= 0.3 is 0 Å². The molecule has 1 aliphatic heterocycles. The maximum absolute atomic E-state index is 6.29. The Bertz CT molecular complexity index is 476. The molecule has 3 rings (SSSR count). The highest BCUT2D eigenvalue weighted by Crippen LogP contribution is 2.31. The van der Waals surface area contributed by atoms with E-state index in [1.165, 1.54) is 18.4 Å². The van der Waals surface area contributed by atoms with Gasteiger partial charge in [-0.3, -0.25) is 4.90 Å². The third kappa shape index (κ3) is 3.17. The molecule has 1 saturated carbocycles. The monoisotopic (exact) mass is 294 g/mol. The van der Waals surface area contributed by atoms with E-state index in [1.807, 2.05) is 6.92 Å². The number of benzene rings is 1. The van der Waals surface area contributed by atoms with Crippen molar-refractivity contribution < 1.29 is 4.74 Å². The van der Waals surface area contributed by atoms with Crippen molar-refractivity contribution in [1.82, 2.24) is 10.2 Å². The van der Waals surface area contributed by atoms with Crippen molar-refractivity contribution in [2.24, 2.45) is 0 Å². The van der Waals surface area contributed by atoms with Gasteiger partial charge in [0.05, 0.1) is 18.8 Å². The van der Waals surface area contributed by atoms with E-state index in [-0.39, 0.29) is 12.1 Å². The quantitative estimate of drug-likeness (QED) is 0.924. The summed E-state index contributed by atoms with van der Waals surface area (Å²) in [7, 11) is 2.17. The second-order valence-electron chi connectivity index (χ2n) is 6.03. The molecule has 4 heteroatoms. The summed E-state index contributed by atoms with van der Waals surface area (Å²) >= 11 is 6.29. The summed E-state index contributed by atoms with van der Waals surface area (Å²) in [5, 5.41) is 4.43. The summed E-state index contributed by atoms with van der Waals surface area (Å²) < 4.78 is 6.02. The molecule has 1 aromatic rings. The van der Waals surface area contributed by atoms with E-state index >= 15 is 0 Å². The Kier molecular flexibility index (Phi) is 4.32. The number of nitrogens with one attached hydrogen (secondary N) is 1. The van der Waals surface area contributed by atoms with Crippen LogP contribution in [-0.2, 0) is 4.74 Å². The molecule has 1 aliphatic carbocycles. The van der Waals surface area contributed by atoms with Crippen LogP contribution in [0.25, 0.3) is 0 Å². The smallest absolute Gasteiger partial charge is 0.0896 e. The molecule has 2 unspecified atom stereocenters. The van der Waals surface area contributed by atoms with Gasteiger partial charge in [-0.05, 0) is 44.0 Å². The SMILES string of the molecule is Cc1ccc(C2C(CNC3CC3)OCCN2C)cc1Cl. The van der Waals surface area contributed by atoms with Gasteiger partial charge in [-0.1, -0.05) is 23.7 Å². The third-order valence-corrected chi connectivity index (χ3v) is 4.73. The normalized spacial score (nSPS) is 27.8. The molecular formula is C16H23ClN2O. The van der Waals surface area contributed by atoms with Crippen LogP contribution in [0.5, 0.6) is 0 Å². The molecule has 0 aromatic heterocycles. The Morgan fingerprint density at radius 3 is 2.90 bits per heavy atom. The molecule has 2 atom stereocenters. The van der Waals surface area contributed by atoms with Crippen LogP contribution < -0.4 is 5.32 Å². The molecule has 0 radical (unpaired) electrons. The van der Waals surface area contributed by atoms with Crippen molar-refractivity contribution in [3.63, 3.8) is 0 Å². The van der Waals surface area contributed by atoms with Crippen LogP contribution in [0, 0.1) is 6.92 Å².